The van der Waals surface area contributed by atoms with E-state index in [1.54, 1.807) is 0 Å². The maximum atomic E-state index is 11.4. The van der Waals surface area contributed by atoms with Crippen molar-refractivity contribution >= 4 is 21.7 Å². The van der Waals surface area contributed by atoms with E-state index in [4.69, 9.17) is 4.74 Å². The Morgan fingerprint density at radius 1 is 1.53 bits per heavy atom. The van der Waals surface area contributed by atoms with E-state index in [1.807, 2.05) is 25.1 Å². The second-order valence-electron chi connectivity index (χ2n) is 3.94. The van der Waals surface area contributed by atoms with Crippen LogP contribution in [0.4, 0.5) is 0 Å². The zero-order valence-electron chi connectivity index (χ0n) is 8.63. The van der Waals surface area contributed by atoms with E-state index < -0.39 is 0 Å². The van der Waals surface area contributed by atoms with E-state index in [0.29, 0.717) is 0 Å². The van der Waals surface area contributed by atoms with E-state index in [0.717, 1.165) is 28.6 Å². The van der Waals surface area contributed by atoms with Gasteiger partial charge >= 0.3 is 0 Å². The molecule has 0 saturated heterocycles. The van der Waals surface area contributed by atoms with E-state index in [9.17, 15) is 4.79 Å². The van der Waals surface area contributed by atoms with Gasteiger partial charge in [-0.25, -0.2) is 0 Å². The smallest absolute Gasteiger partial charge is 0.173 e. The summed E-state index contributed by atoms with van der Waals surface area (Å²) in [4.78, 5) is 11.4. The van der Waals surface area contributed by atoms with Gasteiger partial charge < -0.3 is 4.74 Å². The lowest BCUT2D eigenvalue weighted by molar-refractivity contribution is -0.122. The van der Waals surface area contributed by atoms with Crippen molar-refractivity contribution in [3.05, 3.63) is 28.2 Å². The van der Waals surface area contributed by atoms with Gasteiger partial charge in [-0.05, 0) is 37.5 Å². The van der Waals surface area contributed by atoms with Gasteiger partial charge in [0.1, 0.15) is 12.4 Å². The number of ketones is 1. The molecule has 3 heteroatoms. The molecule has 0 atom stereocenters. The predicted molar refractivity (Wildman–Crippen MR) is 62.1 cm³/mol. The molecule has 1 aliphatic rings. The first-order chi connectivity index (χ1) is 7.16. The summed E-state index contributed by atoms with van der Waals surface area (Å²) in [6.45, 7) is 2.19. The van der Waals surface area contributed by atoms with Crippen molar-refractivity contribution in [3.8, 4) is 5.75 Å². The highest BCUT2D eigenvalue weighted by Gasteiger charge is 2.29. The number of hydrogen-bond donors (Lipinski definition) is 0. The standard InChI is InChI=1S/C12H13BrO2/c1-8-2-5-10(13)6-12(8)15-7-11(14)9-3-4-9/h2,5-6,9H,3-4,7H2,1H3. The third kappa shape index (κ3) is 2.81. The highest BCUT2D eigenvalue weighted by molar-refractivity contribution is 9.10. The number of benzene rings is 1. The van der Waals surface area contributed by atoms with Crippen molar-refractivity contribution in [2.45, 2.75) is 19.8 Å². The molecular weight excluding hydrogens is 256 g/mol. The van der Waals surface area contributed by atoms with Crippen molar-refractivity contribution in [3.63, 3.8) is 0 Å². The van der Waals surface area contributed by atoms with Crippen LogP contribution in [0.15, 0.2) is 22.7 Å². The van der Waals surface area contributed by atoms with Crippen LogP contribution < -0.4 is 4.74 Å². The third-order valence-electron chi connectivity index (χ3n) is 2.55. The molecule has 1 aromatic rings. The maximum absolute atomic E-state index is 11.4. The molecule has 1 fully saturated rings. The summed E-state index contributed by atoms with van der Waals surface area (Å²) in [5.74, 6) is 1.30. The van der Waals surface area contributed by atoms with Crippen LogP contribution in [0, 0.1) is 12.8 Å². The van der Waals surface area contributed by atoms with Crippen LogP contribution in [0.5, 0.6) is 5.75 Å². The summed E-state index contributed by atoms with van der Waals surface area (Å²) in [5.41, 5.74) is 1.06. The van der Waals surface area contributed by atoms with Crippen LogP contribution in [0.3, 0.4) is 0 Å². The van der Waals surface area contributed by atoms with Gasteiger partial charge in [-0.2, -0.15) is 0 Å². The molecule has 0 bridgehead atoms. The van der Waals surface area contributed by atoms with E-state index in [1.165, 1.54) is 0 Å². The Hall–Kier alpha value is -0.830. The predicted octanol–water partition coefficient (Wildman–Crippen LogP) is 3.12. The molecule has 1 saturated carbocycles. The molecule has 2 nitrogen and oxygen atoms in total. The number of carbonyl (C=O) groups is 1. The number of rotatable bonds is 4. The Balaban J connectivity index is 1.97. The van der Waals surface area contributed by atoms with Gasteiger partial charge in [0.05, 0.1) is 0 Å². The molecule has 0 spiro atoms. The first-order valence-electron chi connectivity index (χ1n) is 5.08. The van der Waals surface area contributed by atoms with Crippen LogP contribution in [0.25, 0.3) is 0 Å². The number of hydrogen-bond acceptors (Lipinski definition) is 2. The molecule has 0 unspecified atom stereocenters. The Morgan fingerprint density at radius 2 is 2.27 bits per heavy atom. The molecule has 15 heavy (non-hydrogen) atoms. The molecule has 0 aromatic heterocycles. The minimum atomic E-state index is 0.210. The van der Waals surface area contributed by atoms with E-state index in [-0.39, 0.29) is 18.3 Å². The van der Waals surface area contributed by atoms with Gasteiger partial charge in [-0.15, -0.1) is 0 Å². The van der Waals surface area contributed by atoms with Crippen molar-refractivity contribution < 1.29 is 9.53 Å². The summed E-state index contributed by atoms with van der Waals surface area (Å²) in [6.07, 6.45) is 2.08. The van der Waals surface area contributed by atoms with Crippen LogP contribution in [0.1, 0.15) is 18.4 Å². The summed E-state index contributed by atoms with van der Waals surface area (Å²) in [5, 5.41) is 0. The fourth-order valence-corrected chi connectivity index (χ4v) is 1.74. The normalized spacial score (nSPS) is 15.1. The monoisotopic (exact) mass is 268 g/mol. The molecule has 80 valence electrons. The molecular formula is C12H13BrO2. The van der Waals surface area contributed by atoms with Crippen LogP contribution >= 0.6 is 15.9 Å². The van der Waals surface area contributed by atoms with E-state index in [2.05, 4.69) is 15.9 Å². The highest BCUT2D eigenvalue weighted by Crippen LogP contribution is 2.30. The summed E-state index contributed by atoms with van der Waals surface area (Å²) < 4.78 is 6.48. The molecule has 0 radical (unpaired) electrons. The SMILES string of the molecule is Cc1ccc(Br)cc1OCC(=O)C1CC1. The first kappa shape index (κ1) is 10.7. The average molecular weight is 269 g/mol. The minimum absolute atomic E-state index is 0.210. The van der Waals surface area contributed by atoms with Crippen LogP contribution in [-0.2, 0) is 4.79 Å². The topological polar surface area (TPSA) is 26.3 Å². The Kier molecular flexibility index (Phi) is 3.10. The van der Waals surface area contributed by atoms with Gasteiger partial charge in [0, 0.05) is 10.4 Å². The van der Waals surface area contributed by atoms with Crippen LogP contribution in [-0.4, -0.2) is 12.4 Å². The highest BCUT2D eigenvalue weighted by atomic mass is 79.9. The maximum Gasteiger partial charge on any atom is 0.173 e. The molecule has 0 amide bonds. The summed E-state index contributed by atoms with van der Waals surface area (Å²) in [6, 6.07) is 5.83. The number of carbonyl (C=O) groups excluding carboxylic acids is 1. The molecule has 0 N–H and O–H groups in total. The van der Waals surface area contributed by atoms with Crippen molar-refractivity contribution in [1.29, 1.82) is 0 Å². The van der Waals surface area contributed by atoms with Crippen LogP contribution in [0.2, 0.25) is 0 Å². The third-order valence-corrected chi connectivity index (χ3v) is 3.05. The number of halogens is 1. The van der Waals surface area contributed by atoms with Crippen molar-refractivity contribution in [1.82, 2.24) is 0 Å². The summed E-state index contributed by atoms with van der Waals surface area (Å²) in [7, 11) is 0. The summed E-state index contributed by atoms with van der Waals surface area (Å²) >= 11 is 3.38. The molecule has 0 heterocycles. The Bertz CT molecular complexity index is 383. The van der Waals surface area contributed by atoms with Gasteiger partial charge in [-0.1, -0.05) is 22.0 Å². The quantitative estimate of drug-likeness (QED) is 0.839. The lowest BCUT2D eigenvalue weighted by Crippen LogP contribution is -2.13. The second-order valence-corrected chi connectivity index (χ2v) is 4.85. The largest absolute Gasteiger partial charge is 0.486 e. The lowest BCUT2D eigenvalue weighted by atomic mass is 10.2. The number of ether oxygens (including phenoxy) is 1. The molecule has 0 aliphatic heterocycles. The first-order valence-corrected chi connectivity index (χ1v) is 5.88. The number of aryl methyl sites for hydroxylation is 1. The Labute approximate surface area is 97.8 Å². The second kappa shape index (κ2) is 4.35. The Morgan fingerprint density at radius 3 is 2.93 bits per heavy atom. The van der Waals surface area contributed by atoms with E-state index >= 15 is 0 Å². The molecule has 1 aromatic carbocycles. The van der Waals surface area contributed by atoms with Gasteiger partial charge in [0.25, 0.3) is 0 Å². The zero-order chi connectivity index (χ0) is 10.8. The minimum Gasteiger partial charge on any atom is -0.486 e. The zero-order valence-corrected chi connectivity index (χ0v) is 10.2. The molecule has 1 aliphatic carbocycles. The van der Waals surface area contributed by atoms with Crippen molar-refractivity contribution in [2.75, 3.05) is 6.61 Å². The van der Waals surface area contributed by atoms with Gasteiger partial charge in [-0.3, -0.25) is 4.79 Å². The average Bonchev–Trinajstić information content (AvgIpc) is 3.02. The van der Waals surface area contributed by atoms with Crippen molar-refractivity contribution in [2.24, 2.45) is 5.92 Å². The lowest BCUT2D eigenvalue weighted by Gasteiger charge is -2.08. The molecule has 2 rings (SSSR count). The van der Waals surface area contributed by atoms with Gasteiger partial charge in [0.15, 0.2) is 5.78 Å². The fourth-order valence-electron chi connectivity index (χ4n) is 1.40. The number of Topliss-reactive ketones (excluding diaryl/α,β-unsaturated/α-hetero) is 1. The fraction of sp³-hybridized carbons (Fsp3) is 0.417. The van der Waals surface area contributed by atoms with Gasteiger partial charge in [0.2, 0.25) is 0 Å².